The van der Waals surface area contributed by atoms with Crippen LogP contribution in [0, 0.1) is 6.92 Å². The van der Waals surface area contributed by atoms with Crippen molar-refractivity contribution in [3.8, 4) is 0 Å². The number of thiocarbonyl (C=S) groups is 1. The van der Waals surface area contributed by atoms with Gasteiger partial charge in [-0.3, -0.25) is 0 Å². The van der Waals surface area contributed by atoms with Crippen molar-refractivity contribution in [1.82, 2.24) is 0 Å². The molecule has 2 rings (SSSR count). The molecule has 3 nitrogen and oxygen atoms in total. The minimum atomic E-state index is 0.237. The molecule has 2 atom stereocenters. The molecule has 18 heavy (non-hydrogen) atoms. The van der Waals surface area contributed by atoms with Crippen molar-refractivity contribution >= 4 is 22.9 Å². The summed E-state index contributed by atoms with van der Waals surface area (Å²) < 4.78 is 5.67. The van der Waals surface area contributed by atoms with Crippen LogP contribution >= 0.6 is 12.2 Å². The highest BCUT2D eigenvalue weighted by atomic mass is 32.1. The summed E-state index contributed by atoms with van der Waals surface area (Å²) >= 11 is 5.15. The monoisotopic (exact) mass is 264 g/mol. The van der Waals surface area contributed by atoms with Crippen LogP contribution in [0.4, 0.5) is 5.69 Å². The molecule has 0 bridgehead atoms. The van der Waals surface area contributed by atoms with Gasteiger partial charge >= 0.3 is 0 Å². The molecular formula is C14H20N2OS. The molecule has 1 fully saturated rings. The summed E-state index contributed by atoms with van der Waals surface area (Å²) in [5, 5.41) is 0. The Hall–Kier alpha value is -1.13. The fraction of sp³-hybridized carbons (Fsp3) is 0.500. The Balaban J connectivity index is 2.41. The first-order chi connectivity index (χ1) is 8.49. The van der Waals surface area contributed by atoms with Gasteiger partial charge in [-0.1, -0.05) is 18.3 Å². The Bertz CT molecular complexity index is 461. The molecule has 4 heteroatoms. The highest BCUT2D eigenvalue weighted by Crippen LogP contribution is 2.27. The quantitative estimate of drug-likeness (QED) is 0.832. The van der Waals surface area contributed by atoms with Gasteiger partial charge in [-0.15, -0.1) is 0 Å². The number of morpholine rings is 1. The van der Waals surface area contributed by atoms with E-state index in [4.69, 9.17) is 22.7 Å². The van der Waals surface area contributed by atoms with Gasteiger partial charge in [-0.05, 0) is 38.5 Å². The van der Waals surface area contributed by atoms with Crippen LogP contribution in [0.2, 0.25) is 0 Å². The summed E-state index contributed by atoms with van der Waals surface area (Å²) in [5.74, 6) is 0. The lowest BCUT2D eigenvalue weighted by Crippen LogP contribution is -2.48. The van der Waals surface area contributed by atoms with E-state index in [2.05, 4.69) is 31.7 Å². The summed E-state index contributed by atoms with van der Waals surface area (Å²) in [7, 11) is 0. The third-order valence-electron chi connectivity index (χ3n) is 3.34. The van der Waals surface area contributed by atoms with Crippen LogP contribution in [0.1, 0.15) is 25.0 Å². The van der Waals surface area contributed by atoms with E-state index < -0.39 is 0 Å². The normalized spacial score (nSPS) is 24.1. The second-order valence-corrected chi connectivity index (χ2v) is 5.47. The number of nitrogens with zero attached hydrogens (tertiary/aromatic N) is 1. The topological polar surface area (TPSA) is 38.5 Å². The zero-order chi connectivity index (χ0) is 13.3. The molecule has 1 heterocycles. The Morgan fingerprint density at radius 3 is 2.83 bits per heavy atom. The highest BCUT2D eigenvalue weighted by Gasteiger charge is 2.25. The van der Waals surface area contributed by atoms with Crippen molar-refractivity contribution in [1.29, 1.82) is 0 Å². The fourth-order valence-electron chi connectivity index (χ4n) is 2.33. The molecule has 1 aromatic rings. The molecule has 1 aromatic carbocycles. The van der Waals surface area contributed by atoms with Crippen LogP contribution < -0.4 is 10.6 Å². The van der Waals surface area contributed by atoms with Crippen molar-refractivity contribution < 1.29 is 4.74 Å². The van der Waals surface area contributed by atoms with E-state index in [1.807, 2.05) is 12.1 Å². The van der Waals surface area contributed by atoms with Gasteiger partial charge in [0, 0.05) is 23.8 Å². The molecule has 0 amide bonds. The smallest absolute Gasteiger partial charge is 0.106 e. The summed E-state index contributed by atoms with van der Waals surface area (Å²) in [6, 6.07) is 6.56. The maximum Gasteiger partial charge on any atom is 0.106 e. The molecule has 0 radical (unpaired) electrons. The summed E-state index contributed by atoms with van der Waals surface area (Å²) in [4.78, 5) is 2.80. The molecule has 1 saturated heterocycles. The van der Waals surface area contributed by atoms with Gasteiger partial charge in [-0.2, -0.15) is 0 Å². The minimum Gasteiger partial charge on any atom is -0.389 e. The number of benzene rings is 1. The van der Waals surface area contributed by atoms with Gasteiger partial charge < -0.3 is 15.4 Å². The Morgan fingerprint density at radius 2 is 2.17 bits per heavy atom. The number of ether oxygens (including phenoxy) is 1. The average Bonchev–Trinajstić information content (AvgIpc) is 2.31. The first kappa shape index (κ1) is 13.3. The number of rotatable bonds is 2. The van der Waals surface area contributed by atoms with E-state index in [0.717, 1.165) is 24.4 Å². The van der Waals surface area contributed by atoms with Gasteiger partial charge in [0.1, 0.15) is 4.99 Å². The van der Waals surface area contributed by atoms with Crippen LogP contribution in [0.25, 0.3) is 0 Å². The third-order valence-corrected chi connectivity index (χ3v) is 3.56. The maximum atomic E-state index is 5.82. The van der Waals surface area contributed by atoms with Crippen molar-refractivity contribution in [3.05, 3.63) is 29.3 Å². The molecule has 2 N–H and O–H groups in total. The summed E-state index contributed by atoms with van der Waals surface area (Å²) in [6.45, 7) is 7.96. The Morgan fingerprint density at radius 1 is 1.44 bits per heavy atom. The van der Waals surface area contributed by atoms with Crippen LogP contribution in [0.15, 0.2) is 18.2 Å². The van der Waals surface area contributed by atoms with Crippen molar-refractivity contribution in [2.45, 2.75) is 32.9 Å². The van der Waals surface area contributed by atoms with Gasteiger partial charge in [0.2, 0.25) is 0 Å². The van der Waals surface area contributed by atoms with Crippen LogP contribution in [0.5, 0.6) is 0 Å². The molecule has 0 saturated carbocycles. The van der Waals surface area contributed by atoms with Gasteiger partial charge in [0.15, 0.2) is 0 Å². The molecule has 98 valence electrons. The highest BCUT2D eigenvalue weighted by molar-refractivity contribution is 7.80. The summed E-state index contributed by atoms with van der Waals surface area (Å²) in [5.41, 5.74) is 9.13. The van der Waals surface area contributed by atoms with E-state index in [1.165, 1.54) is 5.56 Å². The molecule has 0 aliphatic carbocycles. The number of hydrogen-bond acceptors (Lipinski definition) is 3. The predicted octanol–water partition coefficient (Wildman–Crippen LogP) is 2.24. The standard InChI is InChI=1S/C14H20N2OS/c1-9-4-5-12(14(15)18)13(6-9)16-7-11(3)17-8-10(16)2/h4-6,10-11H,7-8H2,1-3H3,(H2,15,18). The number of anilines is 1. The van der Waals surface area contributed by atoms with E-state index in [0.29, 0.717) is 11.0 Å². The second kappa shape index (κ2) is 5.24. The fourth-order valence-corrected chi connectivity index (χ4v) is 2.50. The third kappa shape index (κ3) is 2.65. The zero-order valence-corrected chi connectivity index (χ0v) is 12.0. The first-order valence-electron chi connectivity index (χ1n) is 6.27. The number of aryl methyl sites for hydroxylation is 1. The molecule has 2 unspecified atom stereocenters. The number of hydrogen-bond donors (Lipinski definition) is 1. The lowest BCUT2D eigenvalue weighted by atomic mass is 10.1. The van der Waals surface area contributed by atoms with E-state index >= 15 is 0 Å². The van der Waals surface area contributed by atoms with E-state index in [9.17, 15) is 0 Å². The zero-order valence-electron chi connectivity index (χ0n) is 11.1. The number of nitrogens with two attached hydrogens (primary N) is 1. The SMILES string of the molecule is Cc1ccc(C(N)=S)c(N2CC(C)OCC2C)c1. The van der Waals surface area contributed by atoms with Gasteiger partial charge in [0.25, 0.3) is 0 Å². The molecular weight excluding hydrogens is 244 g/mol. The van der Waals surface area contributed by atoms with Crippen molar-refractivity contribution in [2.75, 3.05) is 18.1 Å². The predicted molar refractivity (Wildman–Crippen MR) is 79.3 cm³/mol. The Labute approximate surface area is 114 Å². The Kier molecular flexibility index (Phi) is 3.88. The molecule has 0 aromatic heterocycles. The molecule has 0 spiro atoms. The van der Waals surface area contributed by atoms with E-state index in [1.54, 1.807) is 0 Å². The minimum absolute atomic E-state index is 0.237. The van der Waals surface area contributed by atoms with Crippen molar-refractivity contribution in [2.24, 2.45) is 5.73 Å². The second-order valence-electron chi connectivity index (χ2n) is 5.03. The molecule has 1 aliphatic heterocycles. The lowest BCUT2D eigenvalue weighted by Gasteiger charge is -2.39. The first-order valence-corrected chi connectivity index (χ1v) is 6.68. The van der Waals surface area contributed by atoms with Crippen LogP contribution in [-0.2, 0) is 4.74 Å². The van der Waals surface area contributed by atoms with Crippen molar-refractivity contribution in [3.63, 3.8) is 0 Å². The largest absolute Gasteiger partial charge is 0.389 e. The van der Waals surface area contributed by atoms with Gasteiger partial charge in [0.05, 0.1) is 12.7 Å². The van der Waals surface area contributed by atoms with Gasteiger partial charge in [-0.25, -0.2) is 0 Å². The molecule has 1 aliphatic rings. The lowest BCUT2D eigenvalue weighted by molar-refractivity contribution is 0.0343. The maximum absolute atomic E-state index is 5.82. The van der Waals surface area contributed by atoms with E-state index in [-0.39, 0.29) is 6.10 Å². The van der Waals surface area contributed by atoms with Crippen LogP contribution in [-0.4, -0.2) is 30.3 Å². The summed E-state index contributed by atoms with van der Waals surface area (Å²) in [6.07, 6.45) is 0.237. The van der Waals surface area contributed by atoms with Crippen LogP contribution in [0.3, 0.4) is 0 Å². The average molecular weight is 264 g/mol.